The van der Waals surface area contributed by atoms with Crippen molar-refractivity contribution in [2.45, 2.75) is 19.8 Å². The largest absolute Gasteiger partial charge is 0.469 e. The van der Waals surface area contributed by atoms with Crippen LogP contribution in [-0.2, 0) is 9.09 Å². The second kappa shape index (κ2) is 8.21. The highest BCUT2D eigenvalue weighted by Crippen LogP contribution is 2.35. The lowest BCUT2D eigenvalue weighted by atomic mass is 10.3. The average Bonchev–Trinajstić information content (AvgIpc) is 2.12. The van der Waals surface area contributed by atoms with Crippen molar-refractivity contribution in [2.75, 3.05) is 32.8 Å². The van der Waals surface area contributed by atoms with Crippen LogP contribution in [0, 0.1) is 0 Å². The Morgan fingerprint density at radius 1 is 1.27 bits per heavy atom. The molecule has 3 N–H and O–H groups in total. The van der Waals surface area contributed by atoms with Crippen molar-refractivity contribution in [3.63, 3.8) is 0 Å². The second-order valence-corrected chi connectivity index (χ2v) is 4.48. The maximum Gasteiger partial charge on any atom is 0.469 e. The number of nitrogens with zero attached hydrogens (tertiary/aromatic N) is 1. The molecule has 0 bridgehead atoms. The summed E-state index contributed by atoms with van der Waals surface area (Å²) in [5.74, 6) is 0. The van der Waals surface area contributed by atoms with E-state index in [0.29, 0.717) is 13.0 Å². The lowest BCUT2D eigenvalue weighted by molar-refractivity contribution is 0.154. The first-order valence-corrected chi connectivity index (χ1v) is 6.56. The van der Waals surface area contributed by atoms with Gasteiger partial charge in [-0.1, -0.05) is 6.92 Å². The summed E-state index contributed by atoms with van der Waals surface area (Å²) < 4.78 is 14.7. The van der Waals surface area contributed by atoms with Crippen LogP contribution < -0.4 is 0 Å². The van der Waals surface area contributed by atoms with Crippen molar-refractivity contribution in [3.05, 3.63) is 0 Å². The summed E-state index contributed by atoms with van der Waals surface area (Å²) in [6, 6.07) is 0. The minimum Gasteiger partial charge on any atom is -0.396 e. The maximum absolute atomic E-state index is 10.4. The molecule has 7 heteroatoms. The number of phosphoric acid groups is 1. The van der Waals surface area contributed by atoms with E-state index in [4.69, 9.17) is 14.9 Å². The zero-order chi connectivity index (χ0) is 11.7. The number of aliphatic hydroxyl groups excluding tert-OH is 1. The van der Waals surface area contributed by atoms with Crippen LogP contribution in [0.3, 0.4) is 0 Å². The fraction of sp³-hybridized carbons (Fsp3) is 1.00. The fourth-order valence-corrected chi connectivity index (χ4v) is 1.55. The first-order chi connectivity index (χ1) is 6.99. The molecule has 0 aliphatic heterocycles. The Kier molecular flexibility index (Phi) is 8.23. The fourth-order valence-electron chi connectivity index (χ4n) is 1.23. The summed E-state index contributed by atoms with van der Waals surface area (Å²) in [5.41, 5.74) is 0. The maximum atomic E-state index is 10.4. The van der Waals surface area contributed by atoms with E-state index in [1.54, 1.807) is 0 Å². The minimum atomic E-state index is -4.34. The lowest BCUT2D eigenvalue weighted by Gasteiger charge is -2.20. The van der Waals surface area contributed by atoms with E-state index < -0.39 is 7.82 Å². The third-order valence-corrected chi connectivity index (χ3v) is 2.36. The Morgan fingerprint density at radius 3 is 2.40 bits per heavy atom. The molecular weight excluding hydrogens is 221 g/mol. The van der Waals surface area contributed by atoms with Gasteiger partial charge in [-0.15, -0.1) is 0 Å². The highest BCUT2D eigenvalue weighted by atomic mass is 31.2. The molecule has 6 nitrogen and oxygen atoms in total. The van der Waals surface area contributed by atoms with Gasteiger partial charge in [-0.25, -0.2) is 4.57 Å². The molecule has 0 amide bonds. The van der Waals surface area contributed by atoms with E-state index in [0.717, 1.165) is 19.5 Å². The van der Waals surface area contributed by atoms with E-state index in [9.17, 15) is 4.57 Å². The smallest absolute Gasteiger partial charge is 0.396 e. The van der Waals surface area contributed by atoms with Crippen LogP contribution in [0.15, 0.2) is 0 Å². The standard InChI is InChI=1S/C8H20NO5P/c1-2-4-9(5-3-7-10)6-8-14-15(11,12)13/h10H,2-8H2,1H3,(H2,11,12,13). The molecule has 0 saturated heterocycles. The van der Waals surface area contributed by atoms with Crippen molar-refractivity contribution in [1.29, 1.82) is 0 Å². The molecule has 0 aromatic carbocycles. The number of hydrogen-bond donors (Lipinski definition) is 3. The Hall–Kier alpha value is 0.0300. The summed E-state index contributed by atoms with van der Waals surface area (Å²) in [5, 5.41) is 8.66. The predicted molar refractivity (Wildman–Crippen MR) is 56.4 cm³/mol. The highest BCUT2D eigenvalue weighted by molar-refractivity contribution is 7.46. The molecule has 0 saturated carbocycles. The molecule has 0 atom stereocenters. The van der Waals surface area contributed by atoms with Crippen LogP contribution in [0.1, 0.15) is 19.8 Å². The Balaban J connectivity index is 3.70. The summed E-state index contributed by atoms with van der Waals surface area (Å²) in [7, 11) is -4.34. The predicted octanol–water partition coefficient (Wildman–Crippen LogP) is 0.190. The van der Waals surface area contributed by atoms with Crippen LogP contribution in [0.5, 0.6) is 0 Å². The summed E-state index contributed by atoms with van der Waals surface area (Å²) in [6.45, 7) is 4.18. The molecule has 0 fully saturated rings. The van der Waals surface area contributed by atoms with Crippen LogP contribution >= 0.6 is 7.82 Å². The van der Waals surface area contributed by atoms with Gasteiger partial charge in [0.25, 0.3) is 0 Å². The molecule has 92 valence electrons. The Bertz CT molecular complexity index is 195. The summed E-state index contributed by atoms with van der Waals surface area (Å²) in [4.78, 5) is 18.9. The van der Waals surface area contributed by atoms with Crippen molar-refractivity contribution >= 4 is 7.82 Å². The molecule has 0 aliphatic rings. The number of phosphoric ester groups is 1. The Morgan fingerprint density at radius 2 is 1.93 bits per heavy atom. The second-order valence-electron chi connectivity index (χ2n) is 3.24. The van der Waals surface area contributed by atoms with Gasteiger partial charge in [0.2, 0.25) is 0 Å². The van der Waals surface area contributed by atoms with Gasteiger partial charge in [0.15, 0.2) is 0 Å². The molecule has 0 aromatic heterocycles. The zero-order valence-electron chi connectivity index (χ0n) is 9.00. The molecule has 0 aromatic rings. The van der Waals surface area contributed by atoms with E-state index in [1.807, 2.05) is 11.8 Å². The topological polar surface area (TPSA) is 90.2 Å². The van der Waals surface area contributed by atoms with Gasteiger partial charge < -0.3 is 19.8 Å². The van der Waals surface area contributed by atoms with Crippen molar-refractivity contribution in [1.82, 2.24) is 4.90 Å². The first kappa shape index (κ1) is 15.0. The van der Waals surface area contributed by atoms with Gasteiger partial charge in [0.1, 0.15) is 0 Å². The zero-order valence-corrected chi connectivity index (χ0v) is 9.90. The van der Waals surface area contributed by atoms with E-state index >= 15 is 0 Å². The molecule has 0 heterocycles. The van der Waals surface area contributed by atoms with Crippen LogP contribution in [0.2, 0.25) is 0 Å². The molecule has 0 spiro atoms. The van der Waals surface area contributed by atoms with Crippen LogP contribution in [0.4, 0.5) is 0 Å². The molecule has 0 unspecified atom stereocenters. The number of aliphatic hydroxyl groups is 1. The van der Waals surface area contributed by atoms with Gasteiger partial charge >= 0.3 is 7.82 Å². The normalized spacial score (nSPS) is 12.3. The van der Waals surface area contributed by atoms with Crippen LogP contribution in [0.25, 0.3) is 0 Å². The van der Waals surface area contributed by atoms with Gasteiger partial charge in [0.05, 0.1) is 6.61 Å². The third kappa shape index (κ3) is 10.3. The van der Waals surface area contributed by atoms with Gasteiger partial charge in [-0.3, -0.25) is 4.52 Å². The molecular formula is C8H20NO5P. The van der Waals surface area contributed by atoms with Crippen molar-refractivity contribution in [2.24, 2.45) is 0 Å². The molecule has 0 rings (SSSR count). The SMILES string of the molecule is CCCN(CCCO)CCOP(=O)(O)O. The third-order valence-electron chi connectivity index (χ3n) is 1.84. The molecule has 0 aliphatic carbocycles. The van der Waals surface area contributed by atoms with Crippen molar-refractivity contribution in [3.8, 4) is 0 Å². The van der Waals surface area contributed by atoms with Crippen molar-refractivity contribution < 1.29 is 24.0 Å². The number of hydrogen-bond acceptors (Lipinski definition) is 4. The monoisotopic (exact) mass is 241 g/mol. The molecule has 0 radical (unpaired) electrons. The lowest BCUT2D eigenvalue weighted by Crippen LogP contribution is -2.29. The molecule has 15 heavy (non-hydrogen) atoms. The van der Waals surface area contributed by atoms with E-state index in [2.05, 4.69) is 4.52 Å². The van der Waals surface area contributed by atoms with E-state index in [1.165, 1.54) is 0 Å². The average molecular weight is 241 g/mol. The van der Waals surface area contributed by atoms with Crippen LogP contribution in [-0.4, -0.2) is 52.6 Å². The summed E-state index contributed by atoms with van der Waals surface area (Å²) >= 11 is 0. The quantitative estimate of drug-likeness (QED) is 0.499. The Labute approximate surface area is 90.1 Å². The highest BCUT2D eigenvalue weighted by Gasteiger charge is 2.14. The van der Waals surface area contributed by atoms with Gasteiger partial charge in [0, 0.05) is 19.7 Å². The number of rotatable bonds is 9. The summed E-state index contributed by atoms with van der Waals surface area (Å²) in [6.07, 6.45) is 1.62. The minimum absolute atomic E-state index is 0.00963. The first-order valence-electron chi connectivity index (χ1n) is 5.03. The van der Waals surface area contributed by atoms with Gasteiger partial charge in [-0.2, -0.15) is 0 Å². The van der Waals surface area contributed by atoms with E-state index in [-0.39, 0.29) is 13.2 Å². The van der Waals surface area contributed by atoms with Gasteiger partial charge in [-0.05, 0) is 19.4 Å².